The molecule has 0 saturated carbocycles. The number of halogens is 1. The summed E-state index contributed by atoms with van der Waals surface area (Å²) >= 11 is 9.58. The molecule has 0 bridgehead atoms. The Bertz CT molecular complexity index is 606. The minimum Gasteiger partial charge on any atom is -0.500 e. The summed E-state index contributed by atoms with van der Waals surface area (Å²) in [5, 5.41) is 2.51. The topological polar surface area (TPSA) is 41.6 Å². The van der Waals surface area contributed by atoms with Crippen LogP contribution in [0, 0.1) is 0 Å². The Kier molecular flexibility index (Phi) is 8.98. The van der Waals surface area contributed by atoms with Gasteiger partial charge in [-0.3, -0.25) is 4.79 Å². The predicted octanol–water partition coefficient (Wildman–Crippen LogP) is 3.82. The van der Waals surface area contributed by atoms with Crippen LogP contribution >= 0.6 is 39.9 Å². The van der Waals surface area contributed by atoms with Crippen molar-refractivity contribution in [2.45, 2.75) is 0 Å². The summed E-state index contributed by atoms with van der Waals surface area (Å²) in [6, 6.07) is 5.97. The molecule has 1 rings (SSSR count). The molecule has 0 spiro atoms. The van der Waals surface area contributed by atoms with Crippen molar-refractivity contribution >= 4 is 63.1 Å². The van der Waals surface area contributed by atoms with E-state index < -0.39 is 0 Å². The van der Waals surface area contributed by atoms with Crippen LogP contribution in [0.3, 0.4) is 0 Å². The highest BCUT2D eigenvalue weighted by molar-refractivity contribution is 9.10. The van der Waals surface area contributed by atoms with Crippen LogP contribution in [0.1, 0.15) is 5.56 Å². The van der Waals surface area contributed by atoms with E-state index in [-0.39, 0.29) is 5.91 Å². The van der Waals surface area contributed by atoms with E-state index in [4.69, 9.17) is 4.74 Å². The molecule has 1 aromatic rings. The highest BCUT2D eigenvalue weighted by atomic mass is 79.9. The third-order valence-electron chi connectivity index (χ3n) is 3.01. The average Bonchev–Trinajstić information content (AvgIpc) is 2.54. The lowest BCUT2D eigenvalue weighted by Crippen LogP contribution is -2.22. The normalized spacial score (nSPS) is 10.8. The smallest absolute Gasteiger partial charge is 0.262 e. The number of anilines is 1. The van der Waals surface area contributed by atoms with E-state index in [1.165, 1.54) is 23.5 Å². The molecule has 0 atom stereocenters. The van der Waals surface area contributed by atoms with Crippen molar-refractivity contribution in [3.8, 4) is 0 Å². The molecular weight excluding hydrogens is 396 g/mol. The van der Waals surface area contributed by atoms with Crippen LogP contribution in [0.15, 0.2) is 40.4 Å². The van der Waals surface area contributed by atoms with Crippen molar-refractivity contribution in [2.24, 2.45) is 0 Å². The van der Waals surface area contributed by atoms with Crippen LogP contribution in [0.25, 0.3) is 6.08 Å². The molecule has 1 amide bonds. The third-order valence-corrected chi connectivity index (χ3v) is 4.56. The molecule has 0 aliphatic carbocycles. The maximum absolute atomic E-state index is 11.9. The average molecular weight is 415 g/mol. The van der Waals surface area contributed by atoms with Crippen molar-refractivity contribution in [1.29, 1.82) is 0 Å². The Morgan fingerprint density at radius 2 is 2.30 bits per heavy atom. The zero-order valence-corrected chi connectivity index (χ0v) is 16.3. The number of benzene rings is 1. The van der Waals surface area contributed by atoms with E-state index >= 15 is 0 Å². The number of thioether (sulfide) groups is 1. The monoisotopic (exact) mass is 414 g/mol. The SMILES string of the molecule is C=COCCN(C)c1ccc(/C=C(\SC)C(=O)NC=S)c(Br)c1. The van der Waals surface area contributed by atoms with Crippen LogP contribution in [0.5, 0.6) is 0 Å². The summed E-state index contributed by atoms with van der Waals surface area (Å²) in [4.78, 5) is 14.5. The van der Waals surface area contributed by atoms with Crippen LogP contribution in [0.4, 0.5) is 5.69 Å². The van der Waals surface area contributed by atoms with Crippen LogP contribution in [-0.2, 0) is 9.53 Å². The lowest BCUT2D eigenvalue weighted by atomic mass is 10.2. The van der Waals surface area contributed by atoms with E-state index in [0.29, 0.717) is 11.5 Å². The molecule has 0 fully saturated rings. The van der Waals surface area contributed by atoms with E-state index in [2.05, 4.69) is 44.9 Å². The number of hydrogen-bond acceptors (Lipinski definition) is 5. The van der Waals surface area contributed by atoms with Gasteiger partial charge in [-0.25, -0.2) is 0 Å². The lowest BCUT2D eigenvalue weighted by molar-refractivity contribution is -0.115. The standard InChI is InChI=1S/C16H19BrN2O2S2/c1-4-21-8-7-19(2)13-6-5-12(14(17)10-13)9-15(23-3)16(20)18-11-22/h4-6,9-11H,1,7-8H2,2-3H3,(H,18,20,22)/b15-9-. The minimum absolute atomic E-state index is 0.206. The predicted molar refractivity (Wildman–Crippen MR) is 107 cm³/mol. The molecular formula is C16H19BrN2O2S2. The molecule has 0 aliphatic rings. The van der Waals surface area contributed by atoms with Crippen molar-refractivity contribution < 1.29 is 9.53 Å². The van der Waals surface area contributed by atoms with Gasteiger partial charge in [-0.2, -0.15) is 0 Å². The molecule has 4 nitrogen and oxygen atoms in total. The van der Waals surface area contributed by atoms with Crippen molar-refractivity contribution in [2.75, 3.05) is 31.4 Å². The van der Waals surface area contributed by atoms with Gasteiger partial charge in [0.25, 0.3) is 5.91 Å². The fraction of sp³-hybridized carbons (Fsp3) is 0.250. The van der Waals surface area contributed by atoms with Crippen LogP contribution in [-0.4, -0.2) is 37.9 Å². The summed E-state index contributed by atoms with van der Waals surface area (Å²) in [6.45, 7) is 4.85. The molecule has 0 heterocycles. The summed E-state index contributed by atoms with van der Waals surface area (Å²) < 4.78 is 6.05. The zero-order chi connectivity index (χ0) is 17.2. The molecule has 124 valence electrons. The summed E-state index contributed by atoms with van der Waals surface area (Å²) in [7, 11) is 1.99. The lowest BCUT2D eigenvalue weighted by Gasteiger charge is -2.19. The van der Waals surface area contributed by atoms with Crippen molar-refractivity contribution in [1.82, 2.24) is 5.32 Å². The Morgan fingerprint density at radius 3 is 2.87 bits per heavy atom. The van der Waals surface area contributed by atoms with Gasteiger partial charge in [0.15, 0.2) is 0 Å². The number of hydrogen-bond donors (Lipinski definition) is 1. The molecule has 0 aromatic heterocycles. The quantitative estimate of drug-likeness (QED) is 0.288. The third kappa shape index (κ3) is 6.37. The van der Waals surface area contributed by atoms with Crippen molar-refractivity contribution in [3.63, 3.8) is 0 Å². The first kappa shape index (κ1) is 19.7. The highest BCUT2D eigenvalue weighted by Crippen LogP contribution is 2.27. The van der Waals surface area contributed by atoms with E-state index in [9.17, 15) is 4.79 Å². The second-order valence-electron chi connectivity index (χ2n) is 4.47. The molecule has 0 saturated heterocycles. The molecule has 7 heteroatoms. The van der Waals surface area contributed by atoms with Gasteiger partial charge in [-0.1, -0.05) is 40.8 Å². The van der Waals surface area contributed by atoms with E-state index in [0.717, 1.165) is 22.3 Å². The number of carbonyl (C=O) groups is 1. The van der Waals surface area contributed by atoms with Gasteiger partial charge >= 0.3 is 0 Å². The Morgan fingerprint density at radius 1 is 1.57 bits per heavy atom. The van der Waals surface area contributed by atoms with Gasteiger partial charge in [0.2, 0.25) is 0 Å². The number of carbonyl (C=O) groups excluding carboxylic acids is 1. The van der Waals surface area contributed by atoms with Gasteiger partial charge in [-0.05, 0) is 30.0 Å². The number of thiocarbonyl (C=S) groups is 1. The number of nitrogens with zero attached hydrogens (tertiary/aromatic N) is 1. The van der Waals surface area contributed by atoms with Gasteiger partial charge in [0.05, 0.1) is 23.2 Å². The van der Waals surface area contributed by atoms with E-state index in [1.54, 1.807) is 0 Å². The minimum atomic E-state index is -0.206. The van der Waals surface area contributed by atoms with Crippen LogP contribution in [0.2, 0.25) is 0 Å². The first-order valence-electron chi connectivity index (χ1n) is 6.76. The number of nitrogens with one attached hydrogen (secondary N) is 1. The maximum Gasteiger partial charge on any atom is 0.262 e. The number of amides is 1. The second kappa shape index (κ2) is 10.5. The number of ether oxygens (including phenoxy) is 1. The fourth-order valence-corrected chi connectivity index (χ4v) is 2.83. The number of likely N-dealkylation sites (N-methyl/N-ethyl adjacent to an activating group) is 1. The zero-order valence-electron chi connectivity index (χ0n) is 13.0. The second-order valence-corrected chi connectivity index (χ2v) is 6.41. The molecule has 0 aliphatic heterocycles. The van der Waals surface area contributed by atoms with Crippen LogP contribution < -0.4 is 10.2 Å². The van der Waals surface area contributed by atoms with E-state index in [1.807, 2.05) is 37.6 Å². The summed E-state index contributed by atoms with van der Waals surface area (Å²) in [5.41, 5.74) is 3.19. The molecule has 1 aromatic carbocycles. The molecule has 23 heavy (non-hydrogen) atoms. The first-order chi connectivity index (χ1) is 11.0. The highest BCUT2D eigenvalue weighted by Gasteiger charge is 2.09. The largest absolute Gasteiger partial charge is 0.500 e. The fourth-order valence-electron chi connectivity index (χ4n) is 1.76. The van der Waals surface area contributed by atoms with Gasteiger partial charge < -0.3 is 15.0 Å². The maximum atomic E-state index is 11.9. The molecule has 0 radical (unpaired) electrons. The Balaban J connectivity index is 2.92. The van der Waals surface area contributed by atoms with Crippen molar-refractivity contribution in [3.05, 3.63) is 46.0 Å². The van der Waals surface area contributed by atoms with Gasteiger partial charge in [-0.15, -0.1) is 11.8 Å². The van der Waals surface area contributed by atoms with Gasteiger partial charge in [0, 0.05) is 17.2 Å². The van der Waals surface area contributed by atoms with Gasteiger partial charge in [0.1, 0.15) is 6.61 Å². The number of rotatable bonds is 9. The Hall–Kier alpha value is -1.31. The first-order valence-corrected chi connectivity index (χ1v) is 9.25. The summed E-state index contributed by atoms with van der Waals surface area (Å²) in [6.07, 6.45) is 5.12. The summed E-state index contributed by atoms with van der Waals surface area (Å²) in [5.74, 6) is -0.206. The molecule has 1 N–H and O–H groups in total. The Labute approximate surface area is 155 Å². The molecule has 0 unspecified atom stereocenters.